The summed E-state index contributed by atoms with van der Waals surface area (Å²) in [5, 5.41) is 6.97. The molecule has 2 aromatic rings. The summed E-state index contributed by atoms with van der Waals surface area (Å²) in [7, 11) is 0. The highest BCUT2D eigenvalue weighted by molar-refractivity contribution is 6.02. The van der Waals surface area contributed by atoms with Crippen LogP contribution in [0.3, 0.4) is 0 Å². The van der Waals surface area contributed by atoms with E-state index in [1.807, 2.05) is 20.8 Å². The first kappa shape index (κ1) is 14.0. The molecule has 0 aliphatic heterocycles. The first-order chi connectivity index (χ1) is 9.55. The van der Waals surface area contributed by atoms with Crippen molar-refractivity contribution in [1.82, 2.24) is 14.3 Å². The lowest BCUT2D eigenvalue weighted by molar-refractivity contribution is 0.102. The molecule has 6 nitrogen and oxygen atoms in total. The molecule has 20 heavy (non-hydrogen) atoms. The van der Waals surface area contributed by atoms with Gasteiger partial charge in [0.15, 0.2) is 5.69 Å². The number of hydrogen-bond donors (Lipinski definition) is 1. The molecule has 1 N–H and O–H groups in total. The third-order valence-electron chi connectivity index (χ3n) is 3.10. The molecule has 0 saturated carbocycles. The highest BCUT2D eigenvalue weighted by Crippen LogP contribution is 2.08. The third-order valence-corrected chi connectivity index (χ3v) is 3.10. The van der Waals surface area contributed by atoms with E-state index in [0.29, 0.717) is 17.9 Å². The summed E-state index contributed by atoms with van der Waals surface area (Å²) in [5.41, 5.74) is 1.81. The topological polar surface area (TPSA) is 68.9 Å². The average molecular weight is 274 g/mol. The molecule has 0 bridgehead atoms. The Morgan fingerprint density at radius 1 is 1.30 bits per heavy atom. The minimum atomic E-state index is -0.276. The zero-order valence-electron chi connectivity index (χ0n) is 11.9. The van der Waals surface area contributed by atoms with Crippen LogP contribution in [0.4, 0.5) is 5.69 Å². The van der Waals surface area contributed by atoms with Crippen molar-refractivity contribution in [3.63, 3.8) is 0 Å². The fourth-order valence-electron chi connectivity index (χ4n) is 1.99. The zero-order valence-corrected chi connectivity index (χ0v) is 11.9. The van der Waals surface area contributed by atoms with Gasteiger partial charge in [-0.15, -0.1) is 0 Å². The van der Waals surface area contributed by atoms with E-state index in [1.165, 1.54) is 10.6 Å². The first-order valence-corrected chi connectivity index (χ1v) is 6.61. The van der Waals surface area contributed by atoms with Crippen molar-refractivity contribution in [2.75, 3.05) is 5.32 Å². The van der Waals surface area contributed by atoms with Crippen molar-refractivity contribution in [3.8, 4) is 0 Å². The lowest BCUT2D eigenvalue weighted by Gasteiger charge is -2.06. The van der Waals surface area contributed by atoms with E-state index in [-0.39, 0.29) is 11.5 Å². The van der Waals surface area contributed by atoms with Gasteiger partial charge >= 0.3 is 0 Å². The van der Waals surface area contributed by atoms with Crippen LogP contribution in [0, 0.1) is 6.92 Å². The van der Waals surface area contributed by atoms with Crippen LogP contribution in [0.15, 0.2) is 29.2 Å². The molecule has 0 fully saturated rings. The molecule has 0 aliphatic rings. The zero-order chi connectivity index (χ0) is 14.7. The van der Waals surface area contributed by atoms with E-state index in [1.54, 1.807) is 23.0 Å². The van der Waals surface area contributed by atoms with Crippen LogP contribution in [-0.2, 0) is 13.1 Å². The second-order valence-corrected chi connectivity index (χ2v) is 4.48. The fraction of sp³-hybridized carbons (Fsp3) is 0.357. The first-order valence-electron chi connectivity index (χ1n) is 6.61. The van der Waals surface area contributed by atoms with Gasteiger partial charge < -0.3 is 9.88 Å². The molecule has 0 radical (unpaired) electrons. The molecular formula is C14H18N4O2. The summed E-state index contributed by atoms with van der Waals surface area (Å²) >= 11 is 0. The van der Waals surface area contributed by atoms with Gasteiger partial charge in [-0.05, 0) is 32.9 Å². The Hall–Kier alpha value is -2.37. The lowest BCUT2D eigenvalue weighted by Crippen LogP contribution is -2.20. The third kappa shape index (κ3) is 2.79. The van der Waals surface area contributed by atoms with E-state index in [9.17, 15) is 9.59 Å². The molecule has 1 amide bonds. The van der Waals surface area contributed by atoms with Crippen molar-refractivity contribution in [2.24, 2.45) is 0 Å². The largest absolute Gasteiger partial charge is 0.319 e. The number of aryl methyl sites for hydroxylation is 3. The molecule has 2 heterocycles. The number of rotatable bonds is 4. The van der Waals surface area contributed by atoms with E-state index in [2.05, 4.69) is 10.4 Å². The SMILES string of the molecule is CCn1nc(C(=O)Nc2ccc(=O)n(CC)c2)cc1C. The van der Waals surface area contributed by atoms with Gasteiger partial charge in [-0.25, -0.2) is 0 Å². The second kappa shape index (κ2) is 5.73. The molecule has 2 rings (SSSR count). The maximum absolute atomic E-state index is 12.1. The average Bonchev–Trinajstić information content (AvgIpc) is 2.82. The number of pyridine rings is 1. The smallest absolute Gasteiger partial charge is 0.276 e. The van der Waals surface area contributed by atoms with Gasteiger partial charge in [0.05, 0.1) is 5.69 Å². The number of nitrogens with one attached hydrogen (secondary N) is 1. The highest BCUT2D eigenvalue weighted by Gasteiger charge is 2.12. The quantitative estimate of drug-likeness (QED) is 0.921. The summed E-state index contributed by atoms with van der Waals surface area (Å²) in [6.45, 7) is 7.04. The number of carbonyl (C=O) groups excluding carboxylic acids is 1. The van der Waals surface area contributed by atoms with Crippen LogP contribution in [0.25, 0.3) is 0 Å². The molecule has 0 atom stereocenters. The van der Waals surface area contributed by atoms with Crippen LogP contribution in [0.2, 0.25) is 0 Å². The standard InChI is InChI=1S/C14H18N4O2/c1-4-17-9-11(6-7-13(17)19)15-14(20)12-8-10(3)18(5-2)16-12/h6-9H,4-5H2,1-3H3,(H,15,20). The molecule has 6 heteroatoms. The minimum absolute atomic E-state index is 0.0865. The maximum Gasteiger partial charge on any atom is 0.276 e. The Kier molecular flexibility index (Phi) is 4.02. The van der Waals surface area contributed by atoms with Gasteiger partial charge in [-0.3, -0.25) is 14.3 Å². The van der Waals surface area contributed by atoms with Gasteiger partial charge in [-0.1, -0.05) is 0 Å². The van der Waals surface area contributed by atoms with Crippen molar-refractivity contribution >= 4 is 11.6 Å². The predicted octanol–water partition coefficient (Wildman–Crippen LogP) is 1.65. The van der Waals surface area contributed by atoms with E-state index < -0.39 is 0 Å². The number of hydrogen-bond acceptors (Lipinski definition) is 3. The summed E-state index contributed by atoms with van der Waals surface area (Å²) in [5.74, 6) is -0.276. The van der Waals surface area contributed by atoms with E-state index >= 15 is 0 Å². The number of anilines is 1. The summed E-state index contributed by atoms with van der Waals surface area (Å²) in [6.07, 6.45) is 1.63. The molecule has 0 aromatic carbocycles. The Balaban J connectivity index is 2.20. The molecular weight excluding hydrogens is 256 g/mol. The Morgan fingerprint density at radius 2 is 2.05 bits per heavy atom. The van der Waals surface area contributed by atoms with Crippen molar-refractivity contribution in [1.29, 1.82) is 0 Å². The molecule has 2 aromatic heterocycles. The van der Waals surface area contributed by atoms with Crippen LogP contribution in [0.5, 0.6) is 0 Å². The van der Waals surface area contributed by atoms with Crippen LogP contribution >= 0.6 is 0 Å². The Morgan fingerprint density at radius 3 is 2.65 bits per heavy atom. The van der Waals surface area contributed by atoms with Gasteiger partial charge in [-0.2, -0.15) is 5.10 Å². The summed E-state index contributed by atoms with van der Waals surface area (Å²) in [4.78, 5) is 23.6. The predicted molar refractivity (Wildman–Crippen MR) is 77.0 cm³/mol. The number of amides is 1. The van der Waals surface area contributed by atoms with Crippen LogP contribution in [-0.4, -0.2) is 20.3 Å². The molecule has 0 aliphatic carbocycles. The number of carbonyl (C=O) groups is 1. The normalized spacial score (nSPS) is 10.6. The number of nitrogens with zero attached hydrogens (tertiary/aromatic N) is 3. The monoisotopic (exact) mass is 274 g/mol. The van der Waals surface area contributed by atoms with E-state index in [0.717, 1.165) is 12.2 Å². The van der Waals surface area contributed by atoms with Gasteiger partial charge in [0.25, 0.3) is 11.5 Å². The van der Waals surface area contributed by atoms with Gasteiger partial charge in [0.1, 0.15) is 0 Å². The van der Waals surface area contributed by atoms with Crippen molar-refractivity contribution in [3.05, 3.63) is 46.1 Å². The molecule has 0 spiro atoms. The van der Waals surface area contributed by atoms with E-state index in [4.69, 9.17) is 0 Å². The summed E-state index contributed by atoms with van der Waals surface area (Å²) in [6, 6.07) is 4.78. The van der Waals surface area contributed by atoms with Crippen LogP contribution < -0.4 is 10.9 Å². The fourth-order valence-corrected chi connectivity index (χ4v) is 1.99. The lowest BCUT2D eigenvalue weighted by atomic mass is 10.3. The van der Waals surface area contributed by atoms with Crippen molar-refractivity contribution in [2.45, 2.75) is 33.9 Å². The van der Waals surface area contributed by atoms with Gasteiger partial charge in [0.2, 0.25) is 0 Å². The molecule has 0 saturated heterocycles. The Labute approximate surface area is 117 Å². The van der Waals surface area contributed by atoms with Crippen molar-refractivity contribution < 1.29 is 4.79 Å². The Bertz CT molecular complexity index is 685. The number of aromatic nitrogens is 3. The molecule has 106 valence electrons. The molecule has 0 unspecified atom stereocenters. The maximum atomic E-state index is 12.1. The van der Waals surface area contributed by atoms with Gasteiger partial charge in [0, 0.05) is 31.0 Å². The summed E-state index contributed by atoms with van der Waals surface area (Å²) < 4.78 is 3.30. The second-order valence-electron chi connectivity index (χ2n) is 4.48. The van der Waals surface area contributed by atoms with Crippen LogP contribution in [0.1, 0.15) is 30.0 Å². The highest BCUT2D eigenvalue weighted by atomic mass is 16.2. The minimum Gasteiger partial charge on any atom is -0.319 e.